The molecule has 8 N–H and O–H groups in total. The van der Waals surface area contributed by atoms with Crippen molar-refractivity contribution in [3.05, 3.63) is 12.2 Å². The van der Waals surface area contributed by atoms with Gasteiger partial charge in [0.1, 0.15) is 36.6 Å². The zero-order chi connectivity index (χ0) is 44.8. The molecule has 0 aromatic heterocycles. The van der Waals surface area contributed by atoms with Crippen LogP contribution in [0.5, 0.6) is 0 Å². The molecular weight excluding hydrogens is 775 g/mol. The molecule has 11 heteroatoms. The van der Waals surface area contributed by atoms with Gasteiger partial charge in [-0.25, -0.2) is 0 Å². The minimum Gasteiger partial charge on any atom is -0.394 e. The molecule has 0 aliphatic carbocycles. The second-order valence-corrected chi connectivity index (χ2v) is 18.2. The predicted molar refractivity (Wildman–Crippen MR) is 247 cm³/mol. The van der Waals surface area contributed by atoms with E-state index in [-0.39, 0.29) is 12.8 Å². The molecule has 1 unspecified atom stereocenters. The number of carbonyl (C=O) groups is 1. The van der Waals surface area contributed by atoms with Gasteiger partial charge in [0.2, 0.25) is 5.91 Å². The van der Waals surface area contributed by atoms with Crippen LogP contribution in [-0.4, -0.2) is 110 Å². The van der Waals surface area contributed by atoms with E-state index in [1.54, 1.807) is 0 Å². The Kier molecular flexibility index (Phi) is 38.3. The van der Waals surface area contributed by atoms with Crippen molar-refractivity contribution in [1.82, 2.24) is 5.32 Å². The van der Waals surface area contributed by atoms with Gasteiger partial charge in [-0.2, -0.15) is 0 Å². The van der Waals surface area contributed by atoms with E-state index in [2.05, 4.69) is 31.3 Å². The molecule has 11 nitrogen and oxygen atoms in total. The number of allylic oxidation sites excluding steroid dienone is 2. The third-order valence-corrected chi connectivity index (χ3v) is 12.6. The van der Waals surface area contributed by atoms with Crippen molar-refractivity contribution in [2.45, 2.75) is 287 Å². The first-order valence-electron chi connectivity index (χ1n) is 25.6. The summed E-state index contributed by atoms with van der Waals surface area (Å²) in [4.78, 5) is 13.1. The summed E-state index contributed by atoms with van der Waals surface area (Å²) in [6, 6.07) is -1.18. The van der Waals surface area contributed by atoms with E-state index in [4.69, 9.17) is 9.47 Å². The van der Waals surface area contributed by atoms with Crippen molar-refractivity contribution in [1.29, 1.82) is 0 Å². The summed E-state index contributed by atoms with van der Waals surface area (Å²) in [5, 5.41) is 75.7. The van der Waals surface area contributed by atoms with Crippen LogP contribution in [0.2, 0.25) is 0 Å². The van der Waals surface area contributed by atoms with E-state index in [0.717, 1.165) is 38.5 Å². The minimum atomic E-state index is -1.66. The Morgan fingerprint density at radius 3 is 1.41 bits per heavy atom. The summed E-state index contributed by atoms with van der Waals surface area (Å²) in [6.45, 7) is 3.43. The molecule has 1 saturated heterocycles. The quantitative estimate of drug-likeness (QED) is 0.0217. The summed E-state index contributed by atoms with van der Waals surface area (Å²) >= 11 is 0. The maximum Gasteiger partial charge on any atom is 0.249 e. The van der Waals surface area contributed by atoms with Crippen LogP contribution in [0.1, 0.15) is 232 Å². The molecule has 0 radical (unpaired) electrons. The van der Waals surface area contributed by atoms with Gasteiger partial charge in [-0.3, -0.25) is 4.79 Å². The molecule has 9 atom stereocenters. The average molecular weight is 872 g/mol. The van der Waals surface area contributed by atoms with Crippen LogP contribution in [0.4, 0.5) is 0 Å². The highest BCUT2D eigenvalue weighted by Crippen LogP contribution is 2.23. The standard InChI is InChI=1S/C50H97NO10/c1-3-5-7-9-11-13-15-17-18-19-20-21-22-23-24-25-26-28-30-32-34-36-38-43(54)49(59)51-41(40-60-50-48(58)47(57)46(56)44(39-52)61-50)45(55)42(53)37-35-33-31-29-27-16-14-12-10-8-6-4-2/h29,31,41-48,50,52-58H,3-28,30,32-40H2,1-2H3,(H,51,59)/b31-29-/t41-,42+,43?,44+,45-,46+,47-,48+,50+/m0/s1. The summed E-state index contributed by atoms with van der Waals surface area (Å²) < 4.78 is 11.1. The minimum absolute atomic E-state index is 0.259. The molecule has 1 heterocycles. The van der Waals surface area contributed by atoms with Crippen molar-refractivity contribution in [2.75, 3.05) is 13.2 Å². The first-order valence-corrected chi connectivity index (χ1v) is 25.6. The molecule has 1 aliphatic rings. The maximum absolute atomic E-state index is 13.1. The van der Waals surface area contributed by atoms with Gasteiger partial charge >= 0.3 is 0 Å². The Labute approximate surface area is 372 Å². The fraction of sp³-hybridized carbons (Fsp3) is 0.940. The Bertz CT molecular complexity index is 1000. The van der Waals surface area contributed by atoms with Gasteiger partial charge in [-0.1, -0.05) is 206 Å². The van der Waals surface area contributed by atoms with Crippen molar-refractivity contribution in [3.8, 4) is 0 Å². The number of hydrogen-bond acceptors (Lipinski definition) is 10. The highest BCUT2D eigenvalue weighted by Gasteiger charge is 2.44. The van der Waals surface area contributed by atoms with Crippen molar-refractivity contribution >= 4 is 5.91 Å². The van der Waals surface area contributed by atoms with E-state index >= 15 is 0 Å². The molecule has 0 aromatic rings. The fourth-order valence-electron chi connectivity index (χ4n) is 8.32. The summed E-state index contributed by atoms with van der Waals surface area (Å²) in [5.41, 5.74) is 0. The number of amides is 1. The first kappa shape index (κ1) is 57.9. The summed E-state index contributed by atoms with van der Waals surface area (Å²) in [7, 11) is 0. The van der Waals surface area contributed by atoms with Crippen molar-refractivity contribution in [2.24, 2.45) is 0 Å². The van der Waals surface area contributed by atoms with Crippen LogP contribution in [0, 0.1) is 0 Å². The zero-order valence-corrected chi connectivity index (χ0v) is 39.2. The van der Waals surface area contributed by atoms with Gasteiger partial charge in [-0.05, 0) is 38.5 Å². The van der Waals surface area contributed by atoms with Crippen LogP contribution >= 0.6 is 0 Å². The second kappa shape index (κ2) is 40.4. The normalized spacial score (nSPS) is 21.5. The number of unbranched alkanes of at least 4 members (excludes halogenated alkanes) is 29. The summed E-state index contributed by atoms with van der Waals surface area (Å²) in [5.74, 6) is -0.703. The molecule has 1 amide bonds. The number of aliphatic hydroxyl groups excluding tert-OH is 7. The van der Waals surface area contributed by atoms with Gasteiger partial charge in [0.05, 0.1) is 25.4 Å². The molecule has 1 fully saturated rings. The number of aliphatic hydroxyl groups is 7. The first-order chi connectivity index (χ1) is 29.7. The highest BCUT2D eigenvalue weighted by molar-refractivity contribution is 5.80. The molecule has 0 aromatic carbocycles. The Morgan fingerprint density at radius 1 is 0.557 bits per heavy atom. The lowest BCUT2D eigenvalue weighted by atomic mass is 9.98. The second-order valence-electron chi connectivity index (χ2n) is 18.2. The predicted octanol–water partition coefficient (Wildman–Crippen LogP) is 9.23. The average Bonchev–Trinajstić information content (AvgIpc) is 3.26. The molecule has 61 heavy (non-hydrogen) atoms. The third-order valence-electron chi connectivity index (χ3n) is 12.6. The smallest absolute Gasteiger partial charge is 0.249 e. The van der Waals surface area contributed by atoms with Gasteiger partial charge in [0.15, 0.2) is 6.29 Å². The Hall–Kier alpha value is -1.15. The van der Waals surface area contributed by atoms with E-state index in [9.17, 15) is 40.5 Å². The van der Waals surface area contributed by atoms with Crippen LogP contribution in [-0.2, 0) is 14.3 Å². The number of carbonyl (C=O) groups excluding carboxylic acids is 1. The lowest BCUT2D eigenvalue weighted by molar-refractivity contribution is -0.303. The molecule has 362 valence electrons. The van der Waals surface area contributed by atoms with E-state index < -0.39 is 74.2 Å². The molecular formula is C50H97NO10. The van der Waals surface area contributed by atoms with Crippen LogP contribution in [0.15, 0.2) is 12.2 Å². The van der Waals surface area contributed by atoms with E-state index in [0.29, 0.717) is 12.8 Å². The number of nitrogens with one attached hydrogen (secondary N) is 1. The van der Waals surface area contributed by atoms with Gasteiger partial charge < -0.3 is 50.5 Å². The van der Waals surface area contributed by atoms with Crippen molar-refractivity contribution in [3.63, 3.8) is 0 Å². The van der Waals surface area contributed by atoms with Crippen molar-refractivity contribution < 1.29 is 50.0 Å². The van der Waals surface area contributed by atoms with Crippen LogP contribution in [0.25, 0.3) is 0 Å². The molecule has 0 bridgehead atoms. The molecule has 1 rings (SSSR count). The largest absolute Gasteiger partial charge is 0.394 e. The Morgan fingerprint density at radius 2 is 0.967 bits per heavy atom. The lowest BCUT2D eigenvalue weighted by Gasteiger charge is -2.40. The third kappa shape index (κ3) is 29.8. The van der Waals surface area contributed by atoms with Gasteiger partial charge in [0, 0.05) is 0 Å². The van der Waals surface area contributed by atoms with Crippen LogP contribution in [0.3, 0.4) is 0 Å². The summed E-state index contributed by atoms with van der Waals surface area (Å²) in [6.07, 6.45) is 32.7. The maximum atomic E-state index is 13.1. The SMILES string of the molecule is CCCCCCCCC/C=C\CCC[C@@H](O)[C@@H](O)[C@H](CO[C@@H]1O[C@H](CO)[C@@H](O)[C@H](O)[C@H]1O)NC(=O)C(O)CCCCCCCCCCCCCCCCCCCCCCCC. The number of rotatable bonds is 43. The molecule has 0 spiro atoms. The Balaban J connectivity index is 2.35. The number of ether oxygens (including phenoxy) is 2. The monoisotopic (exact) mass is 872 g/mol. The zero-order valence-electron chi connectivity index (χ0n) is 39.2. The molecule has 0 saturated carbocycles. The van der Waals surface area contributed by atoms with E-state index in [1.165, 1.54) is 154 Å². The molecule has 1 aliphatic heterocycles. The van der Waals surface area contributed by atoms with E-state index in [1.807, 2.05) is 0 Å². The lowest BCUT2D eigenvalue weighted by Crippen LogP contribution is -2.60. The van der Waals surface area contributed by atoms with Gasteiger partial charge in [-0.15, -0.1) is 0 Å². The van der Waals surface area contributed by atoms with Crippen LogP contribution < -0.4 is 5.32 Å². The fourth-order valence-corrected chi connectivity index (χ4v) is 8.32. The van der Waals surface area contributed by atoms with Gasteiger partial charge in [0.25, 0.3) is 0 Å². The number of hydrogen-bond donors (Lipinski definition) is 8. The highest BCUT2D eigenvalue weighted by atomic mass is 16.7. The topological polar surface area (TPSA) is 189 Å².